The summed E-state index contributed by atoms with van der Waals surface area (Å²) in [6.45, 7) is 4.49. The summed E-state index contributed by atoms with van der Waals surface area (Å²) in [6, 6.07) is 19.0. The van der Waals surface area contributed by atoms with Gasteiger partial charge in [-0.2, -0.15) is 0 Å². The van der Waals surface area contributed by atoms with E-state index in [0.29, 0.717) is 0 Å². The van der Waals surface area contributed by atoms with Gasteiger partial charge in [-0.1, -0.05) is 62.4 Å². The highest BCUT2D eigenvalue weighted by atomic mass is 14.3. The van der Waals surface area contributed by atoms with Crippen LogP contribution in [-0.2, 0) is 38.5 Å². The van der Waals surface area contributed by atoms with E-state index in [1.165, 1.54) is 59.1 Å². The van der Waals surface area contributed by atoms with E-state index in [1.54, 1.807) is 22.3 Å². The highest BCUT2D eigenvalue weighted by Crippen LogP contribution is 2.43. The molecule has 0 nitrogen and oxygen atoms in total. The van der Waals surface area contributed by atoms with Crippen molar-refractivity contribution in [2.24, 2.45) is 0 Å². The molecule has 0 atom stereocenters. The summed E-state index contributed by atoms with van der Waals surface area (Å²) in [5, 5.41) is 0. The molecule has 130 valence electrons. The highest BCUT2D eigenvalue weighted by Gasteiger charge is 2.24. The number of rotatable bonds is 2. The van der Waals surface area contributed by atoms with Crippen molar-refractivity contribution in [3.05, 3.63) is 81.9 Å². The van der Waals surface area contributed by atoms with Gasteiger partial charge in [-0.15, -0.1) is 0 Å². The van der Waals surface area contributed by atoms with Crippen molar-refractivity contribution >= 4 is 0 Å². The van der Waals surface area contributed by atoms with Gasteiger partial charge in [0.05, 0.1) is 0 Å². The molecule has 0 N–H and O–H groups in total. The SMILES string of the molecule is CCc1ccc2c(c1)CCc1c-2ccc2c1CCc1cc(CC)ccc1-2. The topological polar surface area (TPSA) is 0 Å². The largest absolute Gasteiger partial charge is 0.0613 e. The Labute approximate surface area is 156 Å². The van der Waals surface area contributed by atoms with Gasteiger partial charge in [0.15, 0.2) is 0 Å². The molecule has 0 amide bonds. The van der Waals surface area contributed by atoms with Gasteiger partial charge in [0, 0.05) is 0 Å². The maximum atomic E-state index is 2.43. The Kier molecular flexibility index (Phi) is 3.74. The Morgan fingerprint density at radius 1 is 0.538 bits per heavy atom. The van der Waals surface area contributed by atoms with Crippen molar-refractivity contribution in [3.8, 4) is 22.3 Å². The average Bonchev–Trinajstić information content (AvgIpc) is 2.71. The van der Waals surface area contributed by atoms with Gasteiger partial charge in [-0.3, -0.25) is 0 Å². The molecule has 3 aromatic carbocycles. The van der Waals surface area contributed by atoms with Crippen molar-refractivity contribution in [3.63, 3.8) is 0 Å². The van der Waals surface area contributed by atoms with Crippen molar-refractivity contribution in [1.29, 1.82) is 0 Å². The standard InChI is InChI=1S/C26H26/c1-3-17-5-9-21-19(15-17)7-11-25-23(21)13-14-24-22-10-6-18(4-2)16-20(22)8-12-26(24)25/h5-6,9-10,13-16H,3-4,7-8,11-12H2,1-2H3. The van der Waals surface area contributed by atoms with Crippen LogP contribution in [0, 0.1) is 0 Å². The number of aryl methyl sites for hydroxylation is 4. The number of hydrogen-bond donors (Lipinski definition) is 0. The maximum Gasteiger partial charge on any atom is -0.0146 e. The summed E-state index contributed by atoms with van der Waals surface area (Å²) in [5.74, 6) is 0. The lowest BCUT2D eigenvalue weighted by Gasteiger charge is -2.28. The molecule has 0 heterocycles. The molecule has 0 aromatic heterocycles. The lowest BCUT2D eigenvalue weighted by molar-refractivity contribution is 0.871. The van der Waals surface area contributed by atoms with Crippen LogP contribution in [0.15, 0.2) is 48.5 Å². The molecule has 26 heavy (non-hydrogen) atoms. The smallest absolute Gasteiger partial charge is 0.0146 e. The number of hydrogen-bond acceptors (Lipinski definition) is 0. The molecule has 0 heteroatoms. The molecule has 5 rings (SSSR count). The first-order chi connectivity index (χ1) is 12.8. The van der Waals surface area contributed by atoms with Gasteiger partial charge in [0.2, 0.25) is 0 Å². The van der Waals surface area contributed by atoms with Crippen molar-refractivity contribution in [2.75, 3.05) is 0 Å². The first-order valence-electron chi connectivity index (χ1n) is 10.2. The Balaban J connectivity index is 1.66. The first-order valence-corrected chi connectivity index (χ1v) is 10.2. The van der Waals surface area contributed by atoms with E-state index in [4.69, 9.17) is 0 Å². The Morgan fingerprint density at radius 2 is 0.962 bits per heavy atom. The van der Waals surface area contributed by atoms with E-state index in [2.05, 4.69) is 62.4 Å². The van der Waals surface area contributed by atoms with Crippen molar-refractivity contribution in [2.45, 2.75) is 52.4 Å². The van der Waals surface area contributed by atoms with Gasteiger partial charge in [-0.25, -0.2) is 0 Å². The van der Waals surface area contributed by atoms with Gasteiger partial charge < -0.3 is 0 Å². The quantitative estimate of drug-likeness (QED) is 0.511. The monoisotopic (exact) mass is 338 g/mol. The van der Waals surface area contributed by atoms with Crippen LogP contribution < -0.4 is 0 Å². The molecule has 0 saturated heterocycles. The van der Waals surface area contributed by atoms with E-state index in [9.17, 15) is 0 Å². The number of benzene rings is 3. The molecule has 2 aliphatic carbocycles. The second-order valence-corrected chi connectivity index (χ2v) is 7.81. The summed E-state index contributed by atoms with van der Waals surface area (Å²) in [7, 11) is 0. The van der Waals surface area contributed by atoms with Gasteiger partial charge in [0.1, 0.15) is 0 Å². The average molecular weight is 338 g/mol. The number of fused-ring (bicyclic) bond motifs is 7. The third-order valence-electron chi connectivity index (χ3n) is 6.46. The van der Waals surface area contributed by atoms with Crippen LogP contribution in [0.3, 0.4) is 0 Å². The van der Waals surface area contributed by atoms with Crippen LogP contribution in [0.4, 0.5) is 0 Å². The fourth-order valence-corrected chi connectivity index (χ4v) is 4.96. The molecular weight excluding hydrogens is 312 g/mol. The van der Waals surface area contributed by atoms with Crippen LogP contribution in [0.5, 0.6) is 0 Å². The molecule has 0 radical (unpaired) electrons. The molecule has 0 bridgehead atoms. The molecule has 0 fully saturated rings. The summed E-state index contributed by atoms with van der Waals surface area (Å²) < 4.78 is 0. The molecule has 2 aliphatic rings. The van der Waals surface area contributed by atoms with E-state index < -0.39 is 0 Å². The van der Waals surface area contributed by atoms with E-state index in [1.807, 2.05) is 0 Å². The lowest BCUT2D eigenvalue weighted by atomic mass is 9.76. The third-order valence-corrected chi connectivity index (χ3v) is 6.46. The van der Waals surface area contributed by atoms with E-state index in [-0.39, 0.29) is 0 Å². The van der Waals surface area contributed by atoms with Crippen molar-refractivity contribution in [1.82, 2.24) is 0 Å². The van der Waals surface area contributed by atoms with E-state index >= 15 is 0 Å². The second kappa shape index (κ2) is 6.13. The van der Waals surface area contributed by atoms with Crippen LogP contribution >= 0.6 is 0 Å². The van der Waals surface area contributed by atoms with Gasteiger partial charge >= 0.3 is 0 Å². The fraction of sp³-hybridized carbons (Fsp3) is 0.308. The van der Waals surface area contributed by atoms with Gasteiger partial charge in [0.25, 0.3) is 0 Å². The lowest BCUT2D eigenvalue weighted by Crippen LogP contribution is -2.13. The third kappa shape index (κ3) is 2.35. The molecule has 3 aromatic rings. The molecule has 0 saturated carbocycles. The minimum atomic E-state index is 1.13. The van der Waals surface area contributed by atoms with Crippen LogP contribution in [0.2, 0.25) is 0 Å². The summed E-state index contributed by atoms with van der Waals surface area (Å²) in [4.78, 5) is 0. The zero-order valence-electron chi connectivity index (χ0n) is 15.9. The highest BCUT2D eigenvalue weighted by molar-refractivity contribution is 5.82. The predicted octanol–water partition coefficient (Wildman–Crippen LogP) is 6.34. The molecule has 0 spiro atoms. The predicted molar refractivity (Wildman–Crippen MR) is 111 cm³/mol. The Bertz CT molecular complexity index is 924. The second-order valence-electron chi connectivity index (χ2n) is 7.81. The molecular formula is C26H26. The fourth-order valence-electron chi connectivity index (χ4n) is 4.96. The Hall–Kier alpha value is -2.34. The minimum Gasteiger partial charge on any atom is -0.0613 e. The van der Waals surface area contributed by atoms with Crippen LogP contribution in [-0.4, -0.2) is 0 Å². The maximum absolute atomic E-state index is 2.43. The molecule has 0 aliphatic heterocycles. The first kappa shape index (κ1) is 15.9. The van der Waals surface area contributed by atoms with Crippen LogP contribution in [0.1, 0.15) is 47.2 Å². The summed E-state index contributed by atoms with van der Waals surface area (Å²) >= 11 is 0. The Morgan fingerprint density at radius 3 is 1.38 bits per heavy atom. The van der Waals surface area contributed by atoms with Crippen molar-refractivity contribution < 1.29 is 0 Å². The summed E-state index contributed by atoms with van der Waals surface area (Å²) in [5.41, 5.74) is 15.2. The normalized spacial score (nSPS) is 14.2. The molecule has 0 unspecified atom stereocenters. The van der Waals surface area contributed by atoms with Crippen LogP contribution in [0.25, 0.3) is 22.3 Å². The minimum absolute atomic E-state index is 1.13. The van der Waals surface area contributed by atoms with Gasteiger partial charge in [-0.05, 0) is 94.2 Å². The zero-order valence-corrected chi connectivity index (χ0v) is 15.9. The zero-order chi connectivity index (χ0) is 17.7. The van der Waals surface area contributed by atoms with E-state index in [0.717, 1.165) is 12.8 Å². The summed E-state index contributed by atoms with van der Waals surface area (Å²) in [6.07, 6.45) is 7.02.